The third-order valence-electron chi connectivity index (χ3n) is 2.92. The fraction of sp³-hybridized carbons (Fsp3) is 0.500. The molecule has 0 radical (unpaired) electrons. The van der Waals surface area contributed by atoms with Crippen LogP contribution >= 0.6 is 0 Å². The van der Waals surface area contributed by atoms with Gasteiger partial charge < -0.3 is 10.7 Å². The summed E-state index contributed by atoms with van der Waals surface area (Å²) in [6.45, 7) is 0. The molecule has 1 aliphatic heterocycles. The van der Waals surface area contributed by atoms with E-state index in [0.717, 1.165) is 0 Å². The molecule has 1 aromatic heterocycles. The first kappa shape index (κ1) is 13.7. The van der Waals surface area contributed by atoms with Crippen molar-refractivity contribution in [2.75, 3.05) is 16.9 Å². The molecule has 0 spiro atoms. The molecule has 19 heavy (non-hydrogen) atoms. The van der Waals surface area contributed by atoms with Gasteiger partial charge in [0.05, 0.1) is 23.9 Å². The van der Waals surface area contributed by atoms with E-state index in [4.69, 9.17) is 5.84 Å². The third kappa shape index (κ3) is 3.61. The maximum absolute atomic E-state index is 11.9. The number of hydrogen-bond acceptors (Lipinski definition) is 7. The number of nitrogens with two attached hydrogens (primary N) is 1. The number of hydrazine groups is 1. The molecular formula is C10H15N5O3S. The lowest BCUT2D eigenvalue weighted by atomic mass is 10.1. The first-order valence-corrected chi connectivity index (χ1v) is 7.62. The summed E-state index contributed by atoms with van der Waals surface area (Å²) in [6.07, 6.45) is 3.53. The molecule has 2 rings (SSSR count). The number of sulfone groups is 1. The van der Waals surface area contributed by atoms with Gasteiger partial charge >= 0.3 is 0 Å². The van der Waals surface area contributed by atoms with Crippen molar-refractivity contribution in [1.82, 2.24) is 15.3 Å². The molecule has 0 bridgehead atoms. The number of carbonyl (C=O) groups is 1. The predicted octanol–water partition coefficient (Wildman–Crippen LogP) is -0.931. The summed E-state index contributed by atoms with van der Waals surface area (Å²) in [7, 11) is -2.93. The van der Waals surface area contributed by atoms with E-state index >= 15 is 0 Å². The highest BCUT2D eigenvalue weighted by Crippen LogP contribution is 2.12. The van der Waals surface area contributed by atoms with E-state index in [0.29, 0.717) is 18.7 Å². The van der Waals surface area contributed by atoms with E-state index in [1.807, 2.05) is 0 Å². The Morgan fingerprint density at radius 2 is 1.95 bits per heavy atom. The standard InChI is InChI=1S/C10H15N5O3S/c11-15-9-6-12-8(5-13-9)10(16)14-7-1-3-19(17,18)4-2-7/h5-7H,1-4,11H2,(H,13,15)(H,14,16). The zero-order chi connectivity index (χ0) is 13.9. The van der Waals surface area contributed by atoms with E-state index < -0.39 is 9.84 Å². The van der Waals surface area contributed by atoms with Gasteiger partial charge in [0.1, 0.15) is 15.5 Å². The van der Waals surface area contributed by atoms with Gasteiger partial charge in [-0.15, -0.1) is 0 Å². The van der Waals surface area contributed by atoms with Crippen LogP contribution in [0.5, 0.6) is 0 Å². The number of carbonyl (C=O) groups excluding carboxylic acids is 1. The van der Waals surface area contributed by atoms with Gasteiger partial charge in [-0.3, -0.25) is 4.79 Å². The number of nitrogen functional groups attached to an aromatic ring is 1. The van der Waals surface area contributed by atoms with Gasteiger partial charge in [0, 0.05) is 6.04 Å². The van der Waals surface area contributed by atoms with Gasteiger partial charge in [0.2, 0.25) is 0 Å². The topological polar surface area (TPSA) is 127 Å². The van der Waals surface area contributed by atoms with Gasteiger partial charge in [-0.25, -0.2) is 24.2 Å². The average Bonchev–Trinajstić information content (AvgIpc) is 2.41. The minimum atomic E-state index is -2.93. The number of hydrogen-bond donors (Lipinski definition) is 3. The summed E-state index contributed by atoms with van der Waals surface area (Å²) >= 11 is 0. The van der Waals surface area contributed by atoms with Crippen molar-refractivity contribution in [3.8, 4) is 0 Å². The zero-order valence-corrected chi connectivity index (χ0v) is 11.0. The molecule has 104 valence electrons. The number of anilines is 1. The van der Waals surface area contributed by atoms with Gasteiger partial charge in [-0.1, -0.05) is 0 Å². The van der Waals surface area contributed by atoms with Gasteiger partial charge in [0.15, 0.2) is 5.82 Å². The highest BCUT2D eigenvalue weighted by Gasteiger charge is 2.25. The van der Waals surface area contributed by atoms with Crippen molar-refractivity contribution in [2.45, 2.75) is 18.9 Å². The molecule has 8 nitrogen and oxygen atoms in total. The van der Waals surface area contributed by atoms with Crippen LogP contribution in [0.3, 0.4) is 0 Å². The molecule has 0 aromatic carbocycles. The summed E-state index contributed by atoms with van der Waals surface area (Å²) in [5, 5.41) is 2.75. The van der Waals surface area contributed by atoms with E-state index in [1.54, 1.807) is 0 Å². The lowest BCUT2D eigenvalue weighted by Crippen LogP contribution is -2.41. The Morgan fingerprint density at radius 3 is 2.47 bits per heavy atom. The second-order valence-corrected chi connectivity index (χ2v) is 6.63. The number of aromatic nitrogens is 2. The molecule has 1 aromatic rings. The first-order chi connectivity index (χ1) is 9.00. The number of nitrogens with zero attached hydrogens (tertiary/aromatic N) is 2. The molecule has 1 amide bonds. The van der Waals surface area contributed by atoms with E-state index in [9.17, 15) is 13.2 Å². The number of rotatable bonds is 3. The summed E-state index contributed by atoms with van der Waals surface area (Å²) in [5.74, 6) is 5.36. The summed E-state index contributed by atoms with van der Waals surface area (Å²) in [5.41, 5.74) is 2.49. The number of amides is 1. The normalized spacial score (nSPS) is 18.8. The molecule has 0 aliphatic carbocycles. The van der Waals surface area contributed by atoms with Crippen molar-refractivity contribution in [2.24, 2.45) is 5.84 Å². The highest BCUT2D eigenvalue weighted by molar-refractivity contribution is 7.91. The maximum Gasteiger partial charge on any atom is 0.271 e. The molecule has 1 saturated heterocycles. The largest absolute Gasteiger partial charge is 0.348 e. The van der Waals surface area contributed by atoms with Crippen LogP contribution in [0.25, 0.3) is 0 Å². The molecule has 0 atom stereocenters. The van der Waals surface area contributed by atoms with Crippen molar-refractivity contribution in [3.63, 3.8) is 0 Å². The molecule has 1 aliphatic rings. The molecule has 0 unspecified atom stereocenters. The van der Waals surface area contributed by atoms with Crippen LogP contribution in [0.1, 0.15) is 23.3 Å². The molecule has 4 N–H and O–H groups in total. The van der Waals surface area contributed by atoms with Crippen molar-refractivity contribution in [1.29, 1.82) is 0 Å². The van der Waals surface area contributed by atoms with Crippen LogP contribution in [0.4, 0.5) is 5.82 Å². The Bertz CT molecular complexity index is 543. The van der Waals surface area contributed by atoms with E-state index in [1.165, 1.54) is 12.4 Å². The van der Waals surface area contributed by atoms with Crippen molar-refractivity contribution in [3.05, 3.63) is 18.1 Å². The quantitative estimate of drug-likeness (QED) is 0.483. The van der Waals surface area contributed by atoms with Crippen LogP contribution in [0.15, 0.2) is 12.4 Å². The number of nitrogens with one attached hydrogen (secondary N) is 2. The smallest absolute Gasteiger partial charge is 0.271 e. The molecular weight excluding hydrogens is 270 g/mol. The zero-order valence-electron chi connectivity index (χ0n) is 10.2. The van der Waals surface area contributed by atoms with Gasteiger partial charge in [-0.05, 0) is 12.8 Å². The third-order valence-corrected chi connectivity index (χ3v) is 4.64. The van der Waals surface area contributed by atoms with Crippen LogP contribution in [0.2, 0.25) is 0 Å². The Labute approximate surface area is 110 Å². The average molecular weight is 285 g/mol. The minimum Gasteiger partial charge on any atom is -0.348 e. The minimum absolute atomic E-state index is 0.111. The Morgan fingerprint density at radius 1 is 1.26 bits per heavy atom. The summed E-state index contributed by atoms with van der Waals surface area (Å²) in [6, 6.07) is -0.134. The van der Waals surface area contributed by atoms with Crippen LogP contribution < -0.4 is 16.6 Å². The Balaban J connectivity index is 1.94. The molecule has 1 fully saturated rings. The molecule has 0 saturated carbocycles. The fourth-order valence-electron chi connectivity index (χ4n) is 1.81. The lowest BCUT2D eigenvalue weighted by molar-refractivity contribution is 0.0929. The Hall–Kier alpha value is -1.74. The second kappa shape index (κ2) is 5.49. The predicted molar refractivity (Wildman–Crippen MR) is 69.0 cm³/mol. The lowest BCUT2D eigenvalue weighted by Gasteiger charge is -2.22. The first-order valence-electron chi connectivity index (χ1n) is 5.80. The maximum atomic E-state index is 11.9. The molecule has 9 heteroatoms. The Kier molecular flexibility index (Phi) is 3.96. The van der Waals surface area contributed by atoms with Crippen LogP contribution in [-0.2, 0) is 9.84 Å². The van der Waals surface area contributed by atoms with Gasteiger partial charge in [-0.2, -0.15) is 0 Å². The summed E-state index contributed by atoms with van der Waals surface area (Å²) < 4.78 is 22.5. The van der Waals surface area contributed by atoms with Crippen molar-refractivity contribution >= 4 is 21.6 Å². The second-order valence-electron chi connectivity index (χ2n) is 4.33. The van der Waals surface area contributed by atoms with Gasteiger partial charge in [0.25, 0.3) is 5.91 Å². The fourth-order valence-corrected chi connectivity index (χ4v) is 3.30. The van der Waals surface area contributed by atoms with E-state index in [-0.39, 0.29) is 29.1 Å². The van der Waals surface area contributed by atoms with Crippen LogP contribution in [0, 0.1) is 0 Å². The monoisotopic (exact) mass is 285 g/mol. The highest BCUT2D eigenvalue weighted by atomic mass is 32.2. The van der Waals surface area contributed by atoms with Crippen LogP contribution in [-0.4, -0.2) is 41.8 Å². The molecule has 2 heterocycles. The SMILES string of the molecule is NNc1cnc(C(=O)NC2CCS(=O)(=O)CC2)cn1. The van der Waals surface area contributed by atoms with Crippen molar-refractivity contribution < 1.29 is 13.2 Å². The van der Waals surface area contributed by atoms with E-state index in [2.05, 4.69) is 20.7 Å². The summed E-state index contributed by atoms with van der Waals surface area (Å²) in [4.78, 5) is 19.6.